The molecule has 0 aliphatic rings. The van der Waals surface area contributed by atoms with Gasteiger partial charge in [-0.1, -0.05) is 0 Å². The van der Waals surface area contributed by atoms with E-state index in [1.165, 1.54) is 6.07 Å². The van der Waals surface area contributed by atoms with Gasteiger partial charge in [-0.3, -0.25) is 4.98 Å². The number of rotatable bonds is 2. The highest BCUT2D eigenvalue weighted by molar-refractivity contribution is 5.76. The van der Waals surface area contributed by atoms with E-state index >= 15 is 0 Å². The zero-order valence-electron chi connectivity index (χ0n) is 10.3. The Balaban J connectivity index is 1.95. The topological polar surface area (TPSA) is 50.7 Å². The Labute approximate surface area is 109 Å². The molecule has 0 bridgehead atoms. The quantitative estimate of drug-likeness (QED) is 0.713. The Hall–Kier alpha value is -2.56. The second kappa shape index (κ2) is 4.61. The molecule has 0 aromatic carbocycles. The van der Waals surface area contributed by atoms with Gasteiger partial charge in [0.05, 0.1) is 11.0 Å². The van der Waals surface area contributed by atoms with Gasteiger partial charge in [-0.2, -0.15) is 4.39 Å². The highest BCUT2D eigenvalue weighted by Crippen LogP contribution is 2.18. The van der Waals surface area contributed by atoms with E-state index in [1.807, 2.05) is 19.1 Å². The first-order valence-corrected chi connectivity index (χ1v) is 5.84. The highest BCUT2D eigenvalue weighted by Gasteiger charge is 2.02. The lowest BCUT2D eigenvalue weighted by atomic mass is 10.3. The third-order valence-electron chi connectivity index (χ3n) is 2.68. The molecule has 19 heavy (non-hydrogen) atoms. The van der Waals surface area contributed by atoms with Crippen LogP contribution in [0.1, 0.15) is 5.69 Å². The minimum atomic E-state index is -0.500. The van der Waals surface area contributed by atoms with Crippen molar-refractivity contribution in [2.75, 3.05) is 5.32 Å². The fraction of sp³-hybridized carbons (Fsp3) is 0.0714. The molecular formula is C14H11FN4. The number of hydrogen-bond donors (Lipinski definition) is 1. The van der Waals surface area contributed by atoms with Crippen LogP contribution in [-0.2, 0) is 0 Å². The number of nitrogens with zero attached hydrogens (tertiary/aromatic N) is 3. The SMILES string of the molecule is Cc1cc(Nc2ccc3nc(F)ccc3n2)ccn1. The van der Waals surface area contributed by atoms with Crippen molar-refractivity contribution in [3.8, 4) is 0 Å². The Morgan fingerprint density at radius 3 is 2.63 bits per heavy atom. The third-order valence-corrected chi connectivity index (χ3v) is 2.68. The number of pyridine rings is 3. The van der Waals surface area contributed by atoms with Crippen molar-refractivity contribution < 1.29 is 4.39 Å². The van der Waals surface area contributed by atoms with E-state index < -0.39 is 5.95 Å². The molecule has 3 rings (SSSR count). The molecule has 0 aliphatic heterocycles. The molecule has 0 amide bonds. The van der Waals surface area contributed by atoms with E-state index in [0.717, 1.165) is 11.4 Å². The van der Waals surface area contributed by atoms with Gasteiger partial charge in [0.15, 0.2) is 0 Å². The first-order chi connectivity index (χ1) is 9.20. The molecule has 3 heterocycles. The monoisotopic (exact) mass is 254 g/mol. The fourth-order valence-electron chi connectivity index (χ4n) is 1.83. The molecule has 0 aliphatic carbocycles. The van der Waals surface area contributed by atoms with Gasteiger partial charge >= 0.3 is 0 Å². The summed E-state index contributed by atoms with van der Waals surface area (Å²) < 4.78 is 13.0. The number of hydrogen-bond acceptors (Lipinski definition) is 4. The van der Waals surface area contributed by atoms with Crippen LogP contribution in [0.25, 0.3) is 11.0 Å². The molecule has 0 radical (unpaired) electrons. The van der Waals surface area contributed by atoms with Crippen LogP contribution in [0.3, 0.4) is 0 Å². The van der Waals surface area contributed by atoms with Crippen LogP contribution in [0.2, 0.25) is 0 Å². The van der Waals surface area contributed by atoms with Crippen LogP contribution >= 0.6 is 0 Å². The van der Waals surface area contributed by atoms with Crippen molar-refractivity contribution in [3.63, 3.8) is 0 Å². The van der Waals surface area contributed by atoms with Crippen LogP contribution in [0.5, 0.6) is 0 Å². The lowest BCUT2D eigenvalue weighted by Crippen LogP contribution is -1.95. The number of halogens is 1. The van der Waals surface area contributed by atoms with Gasteiger partial charge in [0.1, 0.15) is 5.82 Å². The van der Waals surface area contributed by atoms with E-state index in [1.54, 1.807) is 24.4 Å². The van der Waals surface area contributed by atoms with Crippen LogP contribution in [-0.4, -0.2) is 15.0 Å². The Morgan fingerprint density at radius 1 is 1.00 bits per heavy atom. The van der Waals surface area contributed by atoms with Crippen molar-refractivity contribution in [1.29, 1.82) is 0 Å². The average Bonchev–Trinajstić information content (AvgIpc) is 2.39. The summed E-state index contributed by atoms with van der Waals surface area (Å²) in [4.78, 5) is 12.3. The number of anilines is 2. The molecule has 0 fully saturated rings. The molecule has 0 saturated carbocycles. The lowest BCUT2D eigenvalue weighted by molar-refractivity contribution is 0.589. The minimum Gasteiger partial charge on any atom is -0.340 e. The number of aryl methyl sites for hydroxylation is 1. The van der Waals surface area contributed by atoms with Crippen molar-refractivity contribution in [2.24, 2.45) is 0 Å². The molecular weight excluding hydrogens is 243 g/mol. The maximum atomic E-state index is 13.0. The minimum absolute atomic E-state index is 0.500. The summed E-state index contributed by atoms with van der Waals surface area (Å²) in [6.07, 6.45) is 1.73. The molecule has 3 aromatic rings. The first kappa shape index (κ1) is 11.5. The summed E-state index contributed by atoms with van der Waals surface area (Å²) >= 11 is 0. The van der Waals surface area contributed by atoms with E-state index in [2.05, 4.69) is 20.3 Å². The smallest absolute Gasteiger partial charge is 0.213 e. The maximum absolute atomic E-state index is 13.0. The zero-order chi connectivity index (χ0) is 13.2. The standard InChI is InChI=1S/C14H11FN4/c1-9-8-10(6-7-16-9)17-14-5-3-11-12(19-14)2-4-13(15)18-11/h2-8H,1H3,(H,16,17,19). The Bertz CT molecular complexity index is 742. The highest BCUT2D eigenvalue weighted by atomic mass is 19.1. The maximum Gasteiger partial charge on any atom is 0.213 e. The van der Waals surface area contributed by atoms with Gasteiger partial charge in [-0.25, -0.2) is 9.97 Å². The van der Waals surface area contributed by atoms with Gasteiger partial charge in [0.2, 0.25) is 5.95 Å². The van der Waals surface area contributed by atoms with E-state index in [4.69, 9.17) is 0 Å². The third kappa shape index (κ3) is 2.49. The largest absolute Gasteiger partial charge is 0.340 e. The predicted octanol–water partition coefficient (Wildman–Crippen LogP) is 3.22. The Morgan fingerprint density at radius 2 is 1.79 bits per heavy atom. The molecule has 4 nitrogen and oxygen atoms in total. The van der Waals surface area contributed by atoms with Crippen LogP contribution in [0.15, 0.2) is 42.6 Å². The molecule has 94 valence electrons. The van der Waals surface area contributed by atoms with Crippen molar-refractivity contribution in [3.05, 3.63) is 54.2 Å². The van der Waals surface area contributed by atoms with Crippen LogP contribution in [0, 0.1) is 12.9 Å². The molecule has 0 atom stereocenters. The van der Waals surface area contributed by atoms with Gasteiger partial charge < -0.3 is 5.32 Å². The second-order valence-corrected chi connectivity index (χ2v) is 4.18. The summed E-state index contributed by atoms with van der Waals surface area (Å²) in [7, 11) is 0. The zero-order valence-corrected chi connectivity index (χ0v) is 10.3. The van der Waals surface area contributed by atoms with Gasteiger partial charge in [-0.05, 0) is 43.3 Å². The molecule has 0 saturated heterocycles. The van der Waals surface area contributed by atoms with Crippen LogP contribution in [0.4, 0.5) is 15.9 Å². The average molecular weight is 254 g/mol. The van der Waals surface area contributed by atoms with E-state index in [9.17, 15) is 4.39 Å². The summed E-state index contributed by atoms with van der Waals surface area (Å²) in [5.41, 5.74) is 3.03. The second-order valence-electron chi connectivity index (χ2n) is 4.18. The molecule has 0 spiro atoms. The van der Waals surface area contributed by atoms with Crippen molar-refractivity contribution in [1.82, 2.24) is 15.0 Å². The first-order valence-electron chi connectivity index (χ1n) is 5.84. The predicted molar refractivity (Wildman–Crippen MR) is 71.8 cm³/mol. The summed E-state index contributed by atoms with van der Waals surface area (Å²) in [6, 6.07) is 10.2. The molecule has 1 N–H and O–H groups in total. The fourth-order valence-corrected chi connectivity index (χ4v) is 1.83. The lowest BCUT2D eigenvalue weighted by Gasteiger charge is -2.06. The van der Waals surface area contributed by atoms with E-state index in [0.29, 0.717) is 16.9 Å². The summed E-state index contributed by atoms with van der Waals surface area (Å²) in [6.45, 7) is 1.92. The molecule has 3 aromatic heterocycles. The van der Waals surface area contributed by atoms with Crippen molar-refractivity contribution in [2.45, 2.75) is 6.92 Å². The number of aromatic nitrogens is 3. The van der Waals surface area contributed by atoms with Gasteiger partial charge in [-0.15, -0.1) is 0 Å². The van der Waals surface area contributed by atoms with Crippen LogP contribution < -0.4 is 5.32 Å². The van der Waals surface area contributed by atoms with Gasteiger partial charge in [0, 0.05) is 17.6 Å². The molecule has 5 heteroatoms. The summed E-state index contributed by atoms with van der Waals surface area (Å²) in [5, 5.41) is 3.18. The van der Waals surface area contributed by atoms with Gasteiger partial charge in [0.25, 0.3) is 0 Å². The molecule has 0 unspecified atom stereocenters. The van der Waals surface area contributed by atoms with Crippen molar-refractivity contribution >= 4 is 22.5 Å². The number of nitrogens with one attached hydrogen (secondary N) is 1. The Kier molecular flexibility index (Phi) is 2.79. The number of fused-ring (bicyclic) bond motifs is 1. The summed E-state index contributed by atoms with van der Waals surface area (Å²) in [5.74, 6) is 0.186. The normalized spacial score (nSPS) is 10.6. The van der Waals surface area contributed by atoms with E-state index in [-0.39, 0.29) is 0 Å².